The Labute approximate surface area is 150 Å². The second-order valence-electron chi connectivity index (χ2n) is 5.83. The van der Waals surface area contributed by atoms with Crippen molar-refractivity contribution in [3.8, 4) is 5.75 Å². The largest absolute Gasteiger partial charge is 0.507 e. The number of rotatable bonds is 5. The summed E-state index contributed by atoms with van der Waals surface area (Å²) in [6.45, 7) is 1.67. The minimum atomic E-state index is -0.571. The van der Waals surface area contributed by atoms with Crippen LogP contribution < -0.4 is 10.7 Å². The second-order valence-corrected chi connectivity index (χ2v) is 5.83. The van der Waals surface area contributed by atoms with Gasteiger partial charge in [-0.1, -0.05) is 30.3 Å². The number of hydrogen-bond donors (Lipinski definition) is 3. The molecule has 0 aromatic heterocycles. The van der Waals surface area contributed by atoms with Crippen LogP contribution in [0.2, 0.25) is 0 Å². The van der Waals surface area contributed by atoms with Crippen molar-refractivity contribution in [1.29, 1.82) is 0 Å². The predicted octanol–water partition coefficient (Wildman–Crippen LogP) is 3.64. The van der Waals surface area contributed by atoms with Crippen LogP contribution in [0.3, 0.4) is 0 Å². The van der Waals surface area contributed by atoms with Crippen LogP contribution in [0.15, 0.2) is 65.8 Å². The first kappa shape index (κ1) is 17.4. The van der Waals surface area contributed by atoms with Gasteiger partial charge in [0, 0.05) is 11.3 Å². The Morgan fingerprint density at radius 2 is 1.85 bits per heavy atom. The van der Waals surface area contributed by atoms with Crippen molar-refractivity contribution in [2.75, 3.05) is 5.32 Å². The van der Waals surface area contributed by atoms with E-state index >= 15 is 0 Å². The number of nitrogens with zero attached hydrogens (tertiary/aromatic N) is 1. The zero-order chi connectivity index (χ0) is 18.5. The molecule has 0 aliphatic carbocycles. The van der Waals surface area contributed by atoms with Crippen LogP contribution in [0.25, 0.3) is 10.8 Å². The predicted molar refractivity (Wildman–Crippen MR) is 101 cm³/mol. The van der Waals surface area contributed by atoms with E-state index in [2.05, 4.69) is 15.8 Å². The first-order valence-corrected chi connectivity index (χ1v) is 8.10. The summed E-state index contributed by atoms with van der Waals surface area (Å²) in [7, 11) is 0. The van der Waals surface area contributed by atoms with Crippen molar-refractivity contribution in [3.05, 3.63) is 72.0 Å². The molecule has 3 aromatic carbocycles. The van der Waals surface area contributed by atoms with E-state index in [-0.39, 0.29) is 17.5 Å². The van der Waals surface area contributed by atoms with Gasteiger partial charge in [-0.3, -0.25) is 4.79 Å². The quantitative estimate of drug-likeness (QED) is 0.485. The fraction of sp³-hybridized carbons (Fsp3) is 0.100. The molecule has 3 N–H and O–H groups in total. The number of amides is 1. The van der Waals surface area contributed by atoms with E-state index in [9.17, 15) is 14.3 Å². The van der Waals surface area contributed by atoms with Crippen LogP contribution in [0.1, 0.15) is 12.5 Å². The van der Waals surface area contributed by atoms with Crippen LogP contribution in [0.5, 0.6) is 5.75 Å². The molecule has 0 saturated heterocycles. The van der Waals surface area contributed by atoms with Crippen molar-refractivity contribution in [3.63, 3.8) is 0 Å². The maximum Gasteiger partial charge on any atom is 0.262 e. The number of aromatic hydroxyl groups is 1. The SMILES string of the molecule is CC(Nc1ccc(F)cc1)C(=O)NN=Cc1c(O)ccc2ccccc12. The van der Waals surface area contributed by atoms with Gasteiger partial charge in [0.1, 0.15) is 17.6 Å². The van der Waals surface area contributed by atoms with E-state index in [0.717, 1.165) is 10.8 Å². The van der Waals surface area contributed by atoms with Gasteiger partial charge in [0.15, 0.2) is 0 Å². The fourth-order valence-electron chi connectivity index (χ4n) is 2.54. The smallest absolute Gasteiger partial charge is 0.262 e. The lowest BCUT2D eigenvalue weighted by molar-refractivity contribution is -0.121. The number of phenols is 1. The van der Waals surface area contributed by atoms with Gasteiger partial charge in [0.05, 0.1) is 6.21 Å². The van der Waals surface area contributed by atoms with Crippen molar-refractivity contribution in [2.24, 2.45) is 5.10 Å². The molecule has 1 atom stereocenters. The van der Waals surface area contributed by atoms with Crippen LogP contribution in [-0.2, 0) is 4.79 Å². The summed E-state index contributed by atoms with van der Waals surface area (Å²) < 4.78 is 12.9. The lowest BCUT2D eigenvalue weighted by atomic mass is 10.0. The summed E-state index contributed by atoms with van der Waals surface area (Å²) in [5.41, 5.74) is 3.60. The molecule has 0 saturated carbocycles. The van der Waals surface area contributed by atoms with Crippen molar-refractivity contribution in [1.82, 2.24) is 5.43 Å². The molecule has 0 aliphatic heterocycles. The van der Waals surface area contributed by atoms with Gasteiger partial charge in [-0.05, 0) is 48.0 Å². The summed E-state index contributed by atoms with van der Waals surface area (Å²) in [5.74, 6) is -0.614. The third-order valence-electron chi connectivity index (χ3n) is 3.94. The highest BCUT2D eigenvalue weighted by Crippen LogP contribution is 2.25. The number of carbonyl (C=O) groups is 1. The Kier molecular flexibility index (Phi) is 5.12. The molecule has 0 spiro atoms. The van der Waals surface area contributed by atoms with Crippen LogP contribution in [0.4, 0.5) is 10.1 Å². The Morgan fingerprint density at radius 3 is 2.62 bits per heavy atom. The maximum atomic E-state index is 12.9. The molecule has 0 heterocycles. The van der Waals surface area contributed by atoms with Crippen LogP contribution in [0, 0.1) is 5.82 Å². The Bertz CT molecular complexity index is 955. The van der Waals surface area contributed by atoms with Gasteiger partial charge in [-0.2, -0.15) is 5.10 Å². The topological polar surface area (TPSA) is 73.7 Å². The van der Waals surface area contributed by atoms with E-state index in [1.54, 1.807) is 25.1 Å². The average Bonchev–Trinajstić information content (AvgIpc) is 2.65. The van der Waals surface area contributed by atoms with Crippen LogP contribution in [-0.4, -0.2) is 23.3 Å². The average molecular weight is 351 g/mol. The number of phenolic OH excluding ortho intramolecular Hbond substituents is 1. The molecule has 5 nitrogen and oxygen atoms in total. The minimum Gasteiger partial charge on any atom is -0.507 e. The van der Waals surface area contributed by atoms with E-state index in [0.29, 0.717) is 11.3 Å². The normalized spacial score (nSPS) is 12.2. The number of hydrogen-bond acceptors (Lipinski definition) is 4. The van der Waals surface area contributed by atoms with Gasteiger partial charge in [-0.25, -0.2) is 9.82 Å². The van der Waals surface area contributed by atoms with E-state index in [1.165, 1.54) is 18.3 Å². The van der Waals surface area contributed by atoms with Gasteiger partial charge in [0.25, 0.3) is 5.91 Å². The fourth-order valence-corrected chi connectivity index (χ4v) is 2.54. The molecule has 26 heavy (non-hydrogen) atoms. The number of hydrazone groups is 1. The van der Waals surface area contributed by atoms with Crippen molar-refractivity contribution >= 4 is 28.6 Å². The molecule has 6 heteroatoms. The molecular weight excluding hydrogens is 333 g/mol. The molecule has 3 rings (SSSR count). The summed E-state index contributed by atoms with van der Waals surface area (Å²) in [6.07, 6.45) is 1.42. The highest BCUT2D eigenvalue weighted by atomic mass is 19.1. The number of benzene rings is 3. The number of anilines is 1. The lowest BCUT2D eigenvalue weighted by Crippen LogP contribution is -2.34. The summed E-state index contributed by atoms with van der Waals surface area (Å²) in [6, 6.07) is 16.1. The molecule has 3 aromatic rings. The van der Waals surface area contributed by atoms with Gasteiger partial charge in [0.2, 0.25) is 0 Å². The standard InChI is InChI=1S/C20H18FN3O2/c1-13(23-16-9-7-15(21)8-10-16)20(26)24-22-12-18-17-5-3-2-4-14(17)6-11-19(18)25/h2-13,23,25H,1H3,(H,24,26). The van der Waals surface area contributed by atoms with Gasteiger partial charge in [-0.15, -0.1) is 0 Å². The monoisotopic (exact) mass is 351 g/mol. The molecule has 1 unspecified atom stereocenters. The molecule has 0 radical (unpaired) electrons. The number of fused-ring (bicyclic) bond motifs is 1. The van der Waals surface area contributed by atoms with Crippen molar-refractivity contribution in [2.45, 2.75) is 13.0 Å². The first-order chi connectivity index (χ1) is 12.5. The van der Waals surface area contributed by atoms with Gasteiger partial charge >= 0.3 is 0 Å². The highest BCUT2D eigenvalue weighted by molar-refractivity contribution is 6.02. The Morgan fingerprint density at radius 1 is 1.12 bits per heavy atom. The Hall–Kier alpha value is -3.41. The highest BCUT2D eigenvalue weighted by Gasteiger charge is 2.12. The summed E-state index contributed by atoms with van der Waals surface area (Å²) in [5, 5.41) is 18.8. The number of halogens is 1. The molecule has 0 aliphatic rings. The van der Waals surface area contributed by atoms with Crippen molar-refractivity contribution < 1.29 is 14.3 Å². The molecule has 0 bridgehead atoms. The molecule has 1 amide bonds. The van der Waals surface area contributed by atoms with E-state index in [4.69, 9.17) is 0 Å². The minimum absolute atomic E-state index is 0.0826. The molecule has 0 fully saturated rings. The summed E-state index contributed by atoms with van der Waals surface area (Å²) in [4.78, 5) is 12.1. The second kappa shape index (κ2) is 7.65. The summed E-state index contributed by atoms with van der Waals surface area (Å²) >= 11 is 0. The van der Waals surface area contributed by atoms with Crippen LogP contribution >= 0.6 is 0 Å². The number of carbonyl (C=O) groups excluding carboxylic acids is 1. The third kappa shape index (κ3) is 3.97. The molecule has 132 valence electrons. The lowest BCUT2D eigenvalue weighted by Gasteiger charge is -2.13. The zero-order valence-corrected chi connectivity index (χ0v) is 14.1. The number of nitrogens with one attached hydrogen (secondary N) is 2. The van der Waals surface area contributed by atoms with E-state index < -0.39 is 6.04 Å². The Balaban J connectivity index is 1.67. The van der Waals surface area contributed by atoms with E-state index in [1.807, 2.05) is 30.3 Å². The zero-order valence-electron chi connectivity index (χ0n) is 14.1. The first-order valence-electron chi connectivity index (χ1n) is 8.10. The van der Waals surface area contributed by atoms with Gasteiger partial charge < -0.3 is 10.4 Å². The third-order valence-corrected chi connectivity index (χ3v) is 3.94. The maximum absolute atomic E-state index is 12.9. The molecular formula is C20H18FN3O2.